The summed E-state index contributed by atoms with van der Waals surface area (Å²) < 4.78 is 0. The van der Waals surface area contributed by atoms with Gasteiger partial charge in [0.1, 0.15) is 0 Å². The zero-order valence-corrected chi connectivity index (χ0v) is 9.30. The summed E-state index contributed by atoms with van der Waals surface area (Å²) in [5.74, 6) is 1.87. The second-order valence-electron chi connectivity index (χ2n) is 4.82. The van der Waals surface area contributed by atoms with E-state index in [9.17, 15) is 0 Å². The zero-order chi connectivity index (χ0) is 10.0. The largest absolute Gasteiger partial charge is 0.357 e. The highest BCUT2D eigenvalue weighted by atomic mass is 15.2. The summed E-state index contributed by atoms with van der Waals surface area (Å²) >= 11 is 0. The lowest BCUT2D eigenvalue weighted by Crippen LogP contribution is -2.38. The summed E-state index contributed by atoms with van der Waals surface area (Å²) in [5.41, 5.74) is 0. The molecule has 1 saturated carbocycles. The van der Waals surface area contributed by atoms with Crippen molar-refractivity contribution in [1.82, 2.24) is 4.90 Å². The third-order valence-electron chi connectivity index (χ3n) is 2.41. The number of hydrogen-bond donors (Lipinski definition) is 1. The Morgan fingerprint density at radius 3 is 2.15 bits per heavy atom. The second-order valence-corrected chi connectivity index (χ2v) is 4.82. The molecule has 0 aromatic heterocycles. The molecular formula is C11H22N2. The van der Waals surface area contributed by atoms with Crippen molar-refractivity contribution in [3.8, 4) is 0 Å². The summed E-state index contributed by atoms with van der Waals surface area (Å²) in [6, 6.07) is 0.692. The minimum atomic E-state index is 0.374. The standard InChI is InChI=1S/C11H22N2/c1-8(2)7-13(10-5-6-10)11(12)9(3)4/h8-10,12H,5-7H2,1-4H3. The lowest BCUT2D eigenvalue weighted by atomic mass is 10.1. The fourth-order valence-corrected chi connectivity index (χ4v) is 1.56. The fourth-order valence-electron chi connectivity index (χ4n) is 1.56. The lowest BCUT2D eigenvalue weighted by molar-refractivity contribution is 0.341. The van der Waals surface area contributed by atoms with Crippen LogP contribution < -0.4 is 0 Å². The summed E-state index contributed by atoms with van der Waals surface area (Å²) in [6.45, 7) is 9.73. The third kappa shape index (κ3) is 3.02. The van der Waals surface area contributed by atoms with E-state index in [0.29, 0.717) is 17.9 Å². The van der Waals surface area contributed by atoms with Gasteiger partial charge in [-0.2, -0.15) is 0 Å². The predicted octanol–water partition coefficient (Wildman–Crippen LogP) is 2.74. The van der Waals surface area contributed by atoms with Crippen LogP contribution in [-0.4, -0.2) is 23.3 Å². The maximum atomic E-state index is 7.99. The highest BCUT2D eigenvalue weighted by Gasteiger charge is 2.31. The van der Waals surface area contributed by atoms with Crippen molar-refractivity contribution < 1.29 is 0 Å². The van der Waals surface area contributed by atoms with Gasteiger partial charge in [0.15, 0.2) is 0 Å². The number of amidine groups is 1. The van der Waals surface area contributed by atoms with Crippen molar-refractivity contribution in [2.75, 3.05) is 6.54 Å². The smallest absolute Gasteiger partial charge is 0.0986 e. The van der Waals surface area contributed by atoms with E-state index in [1.165, 1.54) is 12.8 Å². The molecule has 0 aromatic rings. The van der Waals surface area contributed by atoms with E-state index in [0.717, 1.165) is 12.4 Å². The molecule has 0 aromatic carbocycles. The SMILES string of the molecule is CC(C)CN(C(=N)C(C)C)C1CC1. The molecule has 13 heavy (non-hydrogen) atoms. The first-order valence-corrected chi connectivity index (χ1v) is 5.37. The van der Waals surface area contributed by atoms with Gasteiger partial charge >= 0.3 is 0 Å². The molecule has 0 spiro atoms. The predicted molar refractivity (Wildman–Crippen MR) is 57.1 cm³/mol. The Morgan fingerprint density at radius 1 is 1.31 bits per heavy atom. The van der Waals surface area contributed by atoms with Crippen LogP contribution in [0.25, 0.3) is 0 Å². The molecule has 1 fully saturated rings. The Morgan fingerprint density at radius 2 is 1.85 bits per heavy atom. The topological polar surface area (TPSA) is 27.1 Å². The highest BCUT2D eigenvalue weighted by molar-refractivity contribution is 5.81. The van der Waals surface area contributed by atoms with E-state index in [4.69, 9.17) is 5.41 Å². The van der Waals surface area contributed by atoms with Crippen LogP contribution in [0.15, 0.2) is 0 Å². The zero-order valence-electron chi connectivity index (χ0n) is 9.30. The summed E-state index contributed by atoms with van der Waals surface area (Å²) in [4.78, 5) is 2.30. The number of hydrogen-bond acceptors (Lipinski definition) is 1. The Balaban J connectivity index is 2.51. The highest BCUT2D eigenvalue weighted by Crippen LogP contribution is 2.28. The average molecular weight is 182 g/mol. The number of nitrogens with zero attached hydrogens (tertiary/aromatic N) is 1. The molecule has 0 radical (unpaired) electrons. The summed E-state index contributed by atoms with van der Waals surface area (Å²) in [5, 5.41) is 7.99. The molecule has 1 aliphatic carbocycles. The van der Waals surface area contributed by atoms with E-state index in [1.54, 1.807) is 0 Å². The first-order chi connectivity index (χ1) is 6.02. The molecular weight excluding hydrogens is 160 g/mol. The van der Waals surface area contributed by atoms with Crippen LogP contribution in [-0.2, 0) is 0 Å². The Kier molecular flexibility index (Phi) is 3.34. The van der Waals surface area contributed by atoms with Crippen LogP contribution >= 0.6 is 0 Å². The van der Waals surface area contributed by atoms with Gasteiger partial charge in [-0.15, -0.1) is 0 Å². The van der Waals surface area contributed by atoms with Crippen LogP contribution in [0, 0.1) is 17.2 Å². The van der Waals surface area contributed by atoms with Gasteiger partial charge in [-0.05, 0) is 18.8 Å². The van der Waals surface area contributed by atoms with Crippen LogP contribution in [0.4, 0.5) is 0 Å². The minimum Gasteiger partial charge on any atom is -0.357 e. The molecule has 0 amide bonds. The van der Waals surface area contributed by atoms with E-state index in [-0.39, 0.29) is 0 Å². The molecule has 0 saturated heterocycles. The average Bonchev–Trinajstić information content (AvgIpc) is 2.80. The fraction of sp³-hybridized carbons (Fsp3) is 0.909. The lowest BCUT2D eigenvalue weighted by Gasteiger charge is -2.28. The van der Waals surface area contributed by atoms with E-state index in [1.807, 2.05) is 0 Å². The van der Waals surface area contributed by atoms with Crippen LogP contribution in [0.5, 0.6) is 0 Å². The quantitative estimate of drug-likeness (QED) is 0.525. The first kappa shape index (κ1) is 10.6. The van der Waals surface area contributed by atoms with E-state index >= 15 is 0 Å². The van der Waals surface area contributed by atoms with Crippen LogP contribution in [0.1, 0.15) is 40.5 Å². The molecule has 0 unspecified atom stereocenters. The third-order valence-corrected chi connectivity index (χ3v) is 2.41. The van der Waals surface area contributed by atoms with Gasteiger partial charge in [0.2, 0.25) is 0 Å². The van der Waals surface area contributed by atoms with Crippen LogP contribution in [0.2, 0.25) is 0 Å². The molecule has 2 heteroatoms. The van der Waals surface area contributed by atoms with Crippen molar-refractivity contribution in [2.45, 2.75) is 46.6 Å². The van der Waals surface area contributed by atoms with Gasteiger partial charge in [-0.3, -0.25) is 5.41 Å². The summed E-state index contributed by atoms with van der Waals surface area (Å²) in [7, 11) is 0. The number of rotatable bonds is 4. The van der Waals surface area contributed by atoms with Crippen molar-refractivity contribution in [1.29, 1.82) is 5.41 Å². The monoisotopic (exact) mass is 182 g/mol. The van der Waals surface area contributed by atoms with Crippen LogP contribution in [0.3, 0.4) is 0 Å². The van der Waals surface area contributed by atoms with Gasteiger partial charge in [0, 0.05) is 18.5 Å². The molecule has 1 N–H and O–H groups in total. The van der Waals surface area contributed by atoms with Gasteiger partial charge < -0.3 is 4.90 Å². The van der Waals surface area contributed by atoms with Crippen molar-refractivity contribution in [3.05, 3.63) is 0 Å². The maximum absolute atomic E-state index is 7.99. The Labute approximate surface area is 81.8 Å². The maximum Gasteiger partial charge on any atom is 0.0986 e. The molecule has 0 bridgehead atoms. The van der Waals surface area contributed by atoms with Gasteiger partial charge in [0.25, 0.3) is 0 Å². The minimum absolute atomic E-state index is 0.374. The molecule has 2 nitrogen and oxygen atoms in total. The van der Waals surface area contributed by atoms with Crippen molar-refractivity contribution >= 4 is 5.84 Å². The molecule has 1 aliphatic rings. The summed E-state index contributed by atoms with van der Waals surface area (Å²) in [6.07, 6.45) is 2.59. The molecule has 0 aliphatic heterocycles. The van der Waals surface area contributed by atoms with Crippen molar-refractivity contribution in [3.63, 3.8) is 0 Å². The van der Waals surface area contributed by atoms with E-state index in [2.05, 4.69) is 32.6 Å². The second kappa shape index (κ2) is 4.12. The Hall–Kier alpha value is -0.530. The first-order valence-electron chi connectivity index (χ1n) is 5.37. The molecule has 76 valence electrons. The van der Waals surface area contributed by atoms with Gasteiger partial charge in [-0.1, -0.05) is 27.7 Å². The van der Waals surface area contributed by atoms with Gasteiger partial charge in [-0.25, -0.2) is 0 Å². The number of nitrogens with one attached hydrogen (secondary N) is 1. The Bertz CT molecular complexity index is 181. The van der Waals surface area contributed by atoms with E-state index < -0.39 is 0 Å². The molecule has 0 atom stereocenters. The van der Waals surface area contributed by atoms with Crippen molar-refractivity contribution in [2.24, 2.45) is 11.8 Å². The van der Waals surface area contributed by atoms with Gasteiger partial charge in [0.05, 0.1) is 5.84 Å². The molecule has 0 heterocycles. The molecule has 1 rings (SSSR count). The normalized spacial score (nSPS) is 16.8.